The van der Waals surface area contributed by atoms with E-state index in [0.717, 1.165) is 0 Å². The van der Waals surface area contributed by atoms with Gasteiger partial charge in [0.2, 0.25) is 11.8 Å². The van der Waals surface area contributed by atoms with E-state index in [2.05, 4.69) is 26.1 Å². The van der Waals surface area contributed by atoms with Crippen molar-refractivity contribution in [3.63, 3.8) is 0 Å². The van der Waals surface area contributed by atoms with E-state index in [1.807, 2.05) is 6.92 Å². The molecule has 1 fully saturated rings. The third-order valence-corrected chi connectivity index (χ3v) is 3.28. The molecule has 0 spiro atoms. The molecule has 2 amide bonds. The predicted octanol–water partition coefficient (Wildman–Crippen LogP) is 1.16. The summed E-state index contributed by atoms with van der Waals surface area (Å²) in [5, 5.41) is 2.71. The number of rotatable bonds is 1. The average molecular weight is 226 g/mol. The maximum absolute atomic E-state index is 12.2. The zero-order valence-corrected chi connectivity index (χ0v) is 11.0. The molecule has 4 heteroatoms. The highest BCUT2D eigenvalue weighted by molar-refractivity contribution is 5.97. The molecular formula is C12H22N2O2. The van der Waals surface area contributed by atoms with Crippen LogP contribution in [0.4, 0.5) is 0 Å². The first kappa shape index (κ1) is 13.0. The number of hydrogen-bond acceptors (Lipinski definition) is 2. The van der Waals surface area contributed by atoms with E-state index in [-0.39, 0.29) is 29.8 Å². The van der Waals surface area contributed by atoms with Crippen LogP contribution in [-0.2, 0) is 9.59 Å². The van der Waals surface area contributed by atoms with Crippen molar-refractivity contribution in [1.82, 2.24) is 10.2 Å². The van der Waals surface area contributed by atoms with E-state index in [9.17, 15) is 9.59 Å². The maximum atomic E-state index is 12.2. The lowest BCUT2D eigenvalue weighted by Gasteiger charge is -2.44. The van der Waals surface area contributed by atoms with Gasteiger partial charge in [-0.25, -0.2) is 0 Å². The van der Waals surface area contributed by atoms with Gasteiger partial charge in [-0.15, -0.1) is 0 Å². The van der Waals surface area contributed by atoms with Crippen molar-refractivity contribution < 1.29 is 9.59 Å². The third kappa shape index (κ3) is 2.36. The van der Waals surface area contributed by atoms with E-state index < -0.39 is 5.54 Å². The second-order valence-corrected chi connectivity index (χ2v) is 6.15. The summed E-state index contributed by atoms with van der Waals surface area (Å²) in [6.45, 7) is 11.9. The highest BCUT2D eigenvalue weighted by Gasteiger charge is 2.43. The second kappa shape index (κ2) is 3.75. The van der Waals surface area contributed by atoms with Crippen molar-refractivity contribution in [1.29, 1.82) is 0 Å². The molecule has 1 unspecified atom stereocenters. The molecule has 0 aromatic carbocycles. The van der Waals surface area contributed by atoms with Gasteiger partial charge in [-0.05, 0) is 26.2 Å². The predicted molar refractivity (Wildman–Crippen MR) is 62.9 cm³/mol. The molecule has 1 aliphatic heterocycles. The molecule has 1 N–H and O–H groups in total. The van der Waals surface area contributed by atoms with Gasteiger partial charge in [0.15, 0.2) is 0 Å². The summed E-state index contributed by atoms with van der Waals surface area (Å²) in [6, 6.07) is 0.0466. The molecule has 0 aliphatic carbocycles. The van der Waals surface area contributed by atoms with Crippen molar-refractivity contribution >= 4 is 11.8 Å². The minimum Gasteiger partial charge on any atom is -0.341 e. The van der Waals surface area contributed by atoms with Crippen molar-refractivity contribution in [3.05, 3.63) is 0 Å². The Morgan fingerprint density at radius 3 is 2.25 bits per heavy atom. The molecule has 4 nitrogen and oxygen atoms in total. The van der Waals surface area contributed by atoms with Crippen molar-refractivity contribution in [2.75, 3.05) is 6.54 Å². The van der Waals surface area contributed by atoms with Crippen LogP contribution < -0.4 is 5.32 Å². The molecule has 16 heavy (non-hydrogen) atoms. The highest BCUT2D eigenvalue weighted by atomic mass is 16.2. The van der Waals surface area contributed by atoms with E-state index in [0.29, 0.717) is 0 Å². The first-order valence-corrected chi connectivity index (χ1v) is 5.68. The van der Waals surface area contributed by atoms with E-state index in [4.69, 9.17) is 0 Å². The standard InChI is InChI=1S/C12H22N2O2/c1-8(11(2,3)4)14-7-9(15)13-12(5,6)10(14)16/h8H,7H2,1-6H3,(H,13,15). The molecule has 0 bridgehead atoms. The molecule has 0 saturated carbocycles. The lowest BCUT2D eigenvalue weighted by atomic mass is 9.85. The Kier molecular flexibility index (Phi) is 3.05. The Balaban J connectivity index is 2.96. The van der Waals surface area contributed by atoms with Crippen LogP contribution in [0.25, 0.3) is 0 Å². The molecule has 1 atom stereocenters. The normalized spacial score (nSPS) is 23.0. The molecular weight excluding hydrogens is 204 g/mol. The van der Waals surface area contributed by atoms with Crippen LogP contribution in [0.1, 0.15) is 41.5 Å². The third-order valence-electron chi connectivity index (χ3n) is 3.28. The van der Waals surface area contributed by atoms with Crippen LogP contribution in [0.5, 0.6) is 0 Å². The number of nitrogens with zero attached hydrogens (tertiary/aromatic N) is 1. The van der Waals surface area contributed by atoms with Crippen LogP contribution >= 0.6 is 0 Å². The van der Waals surface area contributed by atoms with Crippen LogP contribution in [0.2, 0.25) is 0 Å². The van der Waals surface area contributed by atoms with Gasteiger partial charge < -0.3 is 10.2 Å². The van der Waals surface area contributed by atoms with Gasteiger partial charge in [0.1, 0.15) is 5.54 Å². The smallest absolute Gasteiger partial charge is 0.248 e. The Hall–Kier alpha value is -1.06. The second-order valence-electron chi connectivity index (χ2n) is 6.15. The number of piperazine rings is 1. The van der Waals surface area contributed by atoms with Crippen molar-refractivity contribution in [2.45, 2.75) is 53.1 Å². The molecule has 1 rings (SSSR count). The summed E-state index contributed by atoms with van der Waals surface area (Å²) in [6.07, 6.45) is 0. The van der Waals surface area contributed by atoms with Gasteiger partial charge in [-0.2, -0.15) is 0 Å². The topological polar surface area (TPSA) is 49.4 Å². The lowest BCUT2D eigenvalue weighted by Crippen LogP contribution is -2.66. The summed E-state index contributed by atoms with van der Waals surface area (Å²) >= 11 is 0. The van der Waals surface area contributed by atoms with E-state index in [1.54, 1.807) is 18.7 Å². The number of nitrogens with one attached hydrogen (secondary N) is 1. The average Bonchev–Trinajstić information content (AvgIpc) is 2.07. The zero-order valence-electron chi connectivity index (χ0n) is 11.0. The SMILES string of the molecule is CC(N1CC(=O)NC(C)(C)C1=O)C(C)(C)C. The molecule has 1 aliphatic rings. The van der Waals surface area contributed by atoms with Gasteiger partial charge in [0, 0.05) is 6.04 Å². The zero-order chi connectivity index (χ0) is 12.7. The van der Waals surface area contributed by atoms with Gasteiger partial charge >= 0.3 is 0 Å². The summed E-state index contributed by atoms with van der Waals surface area (Å²) in [7, 11) is 0. The first-order valence-electron chi connectivity index (χ1n) is 5.68. The van der Waals surface area contributed by atoms with Gasteiger partial charge in [-0.3, -0.25) is 9.59 Å². The molecule has 1 heterocycles. The number of carbonyl (C=O) groups is 2. The molecule has 0 radical (unpaired) electrons. The van der Waals surface area contributed by atoms with Gasteiger partial charge in [0.05, 0.1) is 6.54 Å². The fourth-order valence-corrected chi connectivity index (χ4v) is 1.81. The maximum Gasteiger partial charge on any atom is 0.248 e. The molecule has 92 valence electrons. The van der Waals surface area contributed by atoms with E-state index >= 15 is 0 Å². The Bertz CT molecular complexity index is 315. The fraction of sp³-hybridized carbons (Fsp3) is 0.833. The van der Waals surface area contributed by atoms with Crippen molar-refractivity contribution in [3.8, 4) is 0 Å². The first-order chi connectivity index (χ1) is 7.05. The fourth-order valence-electron chi connectivity index (χ4n) is 1.81. The quantitative estimate of drug-likeness (QED) is 0.729. The largest absolute Gasteiger partial charge is 0.341 e. The van der Waals surface area contributed by atoms with Crippen molar-refractivity contribution in [2.24, 2.45) is 5.41 Å². The minimum absolute atomic E-state index is 0.00507. The lowest BCUT2D eigenvalue weighted by molar-refractivity contribution is -0.152. The Morgan fingerprint density at radius 1 is 1.31 bits per heavy atom. The summed E-state index contributed by atoms with van der Waals surface area (Å²) in [4.78, 5) is 25.4. The summed E-state index contributed by atoms with van der Waals surface area (Å²) in [5.41, 5.74) is -0.807. The Labute approximate surface area is 97.4 Å². The number of carbonyl (C=O) groups excluding carboxylic acids is 2. The monoisotopic (exact) mass is 226 g/mol. The highest BCUT2D eigenvalue weighted by Crippen LogP contribution is 2.27. The number of hydrogen-bond donors (Lipinski definition) is 1. The molecule has 1 saturated heterocycles. The van der Waals surface area contributed by atoms with Gasteiger partial charge in [0.25, 0.3) is 0 Å². The molecule has 0 aromatic heterocycles. The Morgan fingerprint density at radius 2 is 1.81 bits per heavy atom. The van der Waals surface area contributed by atoms with Gasteiger partial charge in [-0.1, -0.05) is 20.8 Å². The number of amides is 2. The molecule has 0 aromatic rings. The van der Waals surface area contributed by atoms with E-state index in [1.165, 1.54) is 0 Å². The van der Waals surface area contributed by atoms with Crippen LogP contribution in [-0.4, -0.2) is 34.8 Å². The summed E-state index contributed by atoms with van der Waals surface area (Å²) < 4.78 is 0. The summed E-state index contributed by atoms with van der Waals surface area (Å²) in [5.74, 6) is -0.0878. The van der Waals surface area contributed by atoms with Crippen LogP contribution in [0.3, 0.4) is 0 Å². The van der Waals surface area contributed by atoms with Crippen LogP contribution in [0.15, 0.2) is 0 Å². The van der Waals surface area contributed by atoms with Crippen LogP contribution in [0, 0.1) is 5.41 Å². The minimum atomic E-state index is -0.783.